The van der Waals surface area contributed by atoms with Crippen LogP contribution in [0.25, 0.3) is 10.9 Å². The molecule has 0 radical (unpaired) electrons. The second kappa shape index (κ2) is 9.03. The molecule has 1 aromatic carbocycles. The Bertz CT molecular complexity index is 890. The number of hydrogen-bond acceptors (Lipinski definition) is 5. The maximum Gasteiger partial charge on any atom is 0.321 e. The molecule has 3 rings (SSSR count). The third kappa shape index (κ3) is 4.88. The molecule has 1 fully saturated rings. The van der Waals surface area contributed by atoms with Crippen LogP contribution in [-0.4, -0.2) is 33.3 Å². The molecule has 0 spiro atoms. The first-order valence-corrected chi connectivity index (χ1v) is 10.3. The lowest BCUT2D eigenvalue weighted by Crippen LogP contribution is -2.45. The van der Waals surface area contributed by atoms with Crippen molar-refractivity contribution in [3.63, 3.8) is 0 Å². The van der Waals surface area contributed by atoms with Gasteiger partial charge < -0.3 is 5.32 Å². The lowest BCUT2D eigenvalue weighted by molar-refractivity contribution is -0.117. The molecular weight excluding hydrogens is 364 g/mol. The van der Waals surface area contributed by atoms with Gasteiger partial charge in [-0.25, -0.2) is 9.78 Å². The number of imide groups is 1. The van der Waals surface area contributed by atoms with Crippen LogP contribution in [0.2, 0.25) is 0 Å². The Morgan fingerprint density at radius 2 is 1.96 bits per heavy atom. The summed E-state index contributed by atoms with van der Waals surface area (Å²) >= 11 is 1.16. The molecule has 2 N–H and O–H groups in total. The molecule has 1 heterocycles. The number of nitrogens with zero attached hydrogens (tertiary/aromatic N) is 2. The topological polar surface area (TPSA) is 93.1 Å². The van der Waals surface area contributed by atoms with E-state index in [0.29, 0.717) is 22.6 Å². The number of hydrogen-bond donors (Lipinski definition) is 2. The largest absolute Gasteiger partial charge is 0.335 e. The van der Waals surface area contributed by atoms with Crippen LogP contribution < -0.4 is 16.2 Å². The predicted molar refractivity (Wildman–Crippen MR) is 106 cm³/mol. The van der Waals surface area contributed by atoms with Crippen molar-refractivity contribution in [2.45, 2.75) is 56.8 Å². The second-order valence-electron chi connectivity index (χ2n) is 6.61. The van der Waals surface area contributed by atoms with E-state index in [1.165, 1.54) is 6.42 Å². The quantitative estimate of drug-likeness (QED) is 0.607. The highest BCUT2D eigenvalue weighted by molar-refractivity contribution is 7.99. The fraction of sp³-hybridized carbons (Fsp3) is 0.474. The van der Waals surface area contributed by atoms with Crippen molar-refractivity contribution >= 4 is 34.6 Å². The summed E-state index contributed by atoms with van der Waals surface area (Å²) in [5.41, 5.74) is 0.478. The fourth-order valence-corrected chi connectivity index (χ4v) is 4.16. The molecule has 0 aliphatic heterocycles. The monoisotopic (exact) mass is 388 g/mol. The molecule has 0 bridgehead atoms. The normalized spacial score (nSPS) is 14.9. The highest BCUT2D eigenvalue weighted by Gasteiger charge is 2.18. The summed E-state index contributed by atoms with van der Waals surface area (Å²) in [6.07, 6.45) is 5.33. The van der Waals surface area contributed by atoms with Crippen LogP contribution in [0.15, 0.2) is 34.2 Å². The molecule has 3 amide bonds. The molecule has 2 aromatic rings. The second-order valence-corrected chi connectivity index (χ2v) is 7.55. The van der Waals surface area contributed by atoms with Crippen molar-refractivity contribution in [2.75, 3.05) is 5.75 Å². The third-order valence-corrected chi connectivity index (χ3v) is 5.64. The Kier molecular flexibility index (Phi) is 6.49. The molecule has 1 aliphatic carbocycles. The minimum atomic E-state index is -0.452. The van der Waals surface area contributed by atoms with Crippen LogP contribution in [0, 0.1) is 0 Å². The van der Waals surface area contributed by atoms with Gasteiger partial charge in [-0.3, -0.25) is 19.5 Å². The van der Waals surface area contributed by atoms with Crippen molar-refractivity contribution in [1.29, 1.82) is 0 Å². The lowest BCUT2D eigenvalue weighted by atomic mass is 9.96. The average molecular weight is 388 g/mol. The van der Waals surface area contributed by atoms with Gasteiger partial charge in [-0.15, -0.1) is 0 Å². The number of carbonyl (C=O) groups is 2. The predicted octanol–water partition coefficient (Wildman–Crippen LogP) is 2.67. The number of benzene rings is 1. The van der Waals surface area contributed by atoms with E-state index in [1.807, 2.05) is 13.0 Å². The Morgan fingerprint density at radius 1 is 1.22 bits per heavy atom. The minimum absolute atomic E-state index is 0.0167. The van der Waals surface area contributed by atoms with Gasteiger partial charge in [-0.2, -0.15) is 0 Å². The zero-order valence-electron chi connectivity index (χ0n) is 15.4. The van der Waals surface area contributed by atoms with E-state index in [0.717, 1.165) is 37.4 Å². The van der Waals surface area contributed by atoms with Crippen molar-refractivity contribution in [2.24, 2.45) is 0 Å². The lowest BCUT2D eigenvalue weighted by Gasteiger charge is -2.22. The molecule has 8 heteroatoms. The molecule has 0 saturated heterocycles. The van der Waals surface area contributed by atoms with Crippen molar-refractivity contribution in [1.82, 2.24) is 20.2 Å². The highest BCUT2D eigenvalue weighted by atomic mass is 32.2. The van der Waals surface area contributed by atoms with Crippen LogP contribution in [0.3, 0.4) is 0 Å². The summed E-state index contributed by atoms with van der Waals surface area (Å²) in [6.45, 7) is 2.32. The summed E-state index contributed by atoms with van der Waals surface area (Å²) in [5, 5.41) is 6.25. The molecular formula is C19H24N4O3S. The summed E-state index contributed by atoms with van der Waals surface area (Å²) in [5.74, 6) is -0.388. The molecule has 7 nitrogen and oxygen atoms in total. The third-order valence-electron chi connectivity index (χ3n) is 4.67. The highest BCUT2D eigenvalue weighted by Crippen LogP contribution is 2.18. The summed E-state index contributed by atoms with van der Waals surface area (Å²) in [6, 6.07) is 6.84. The zero-order chi connectivity index (χ0) is 19.2. The van der Waals surface area contributed by atoms with E-state index in [1.54, 1.807) is 22.8 Å². The summed E-state index contributed by atoms with van der Waals surface area (Å²) < 4.78 is 1.54. The fourth-order valence-electron chi connectivity index (χ4n) is 3.30. The number of amides is 3. The number of para-hydroxylation sites is 1. The van der Waals surface area contributed by atoms with Crippen molar-refractivity contribution < 1.29 is 9.59 Å². The number of aromatic nitrogens is 2. The molecule has 1 saturated carbocycles. The van der Waals surface area contributed by atoms with Crippen molar-refractivity contribution in [3.8, 4) is 0 Å². The first kappa shape index (κ1) is 19.4. The number of rotatable bonds is 5. The van der Waals surface area contributed by atoms with E-state index >= 15 is 0 Å². The van der Waals surface area contributed by atoms with Gasteiger partial charge in [0.15, 0.2) is 5.16 Å². The van der Waals surface area contributed by atoms with Gasteiger partial charge in [0.25, 0.3) is 5.56 Å². The van der Waals surface area contributed by atoms with Crippen LogP contribution in [0.4, 0.5) is 4.79 Å². The molecule has 1 aliphatic rings. The average Bonchev–Trinajstić information content (AvgIpc) is 2.67. The van der Waals surface area contributed by atoms with E-state index in [4.69, 9.17) is 0 Å². The molecule has 0 atom stereocenters. The SMILES string of the molecule is CCn1c(SCC(=O)NC(=O)NC2CCCCC2)nc2ccccc2c1=O. The Morgan fingerprint density at radius 3 is 2.70 bits per heavy atom. The number of thioether (sulfide) groups is 1. The van der Waals surface area contributed by atoms with Crippen LogP contribution in [-0.2, 0) is 11.3 Å². The Hall–Kier alpha value is -2.35. The number of fused-ring (bicyclic) bond motifs is 1. The maximum absolute atomic E-state index is 12.6. The van der Waals surface area contributed by atoms with E-state index in [2.05, 4.69) is 15.6 Å². The molecule has 27 heavy (non-hydrogen) atoms. The summed E-state index contributed by atoms with van der Waals surface area (Å²) in [4.78, 5) is 41.1. The van der Waals surface area contributed by atoms with E-state index < -0.39 is 11.9 Å². The van der Waals surface area contributed by atoms with E-state index in [9.17, 15) is 14.4 Å². The minimum Gasteiger partial charge on any atom is -0.335 e. The van der Waals surface area contributed by atoms with Crippen LogP contribution in [0.5, 0.6) is 0 Å². The molecule has 0 unspecified atom stereocenters. The van der Waals surface area contributed by atoms with Gasteiger partial charge in [0.1, 0.15) is 0 Å². The number of nitrogens with one attached hydrogen (secondary N) is 2. The Balaban J connectivity index is 1.61. The first-order valence-electron chi connectivity index (χ1n) is 9.31. The first-order chi connectivity index (χ1) is 13.1. The zero-order valence-corrected chi connectivity index (χ0v) is 16.2. The van der Waals surface area contributed by atoms with Gasteiger partial charge in [0.05, 0.1) is 16.7 Å². The maximum atomic E-state index is 12.6. The molecule has 144 valence electrons. The van der Waals surface area contributed by atoms with Gasteiger partial charge in [-0.1, -0.05) is 43.2 Å². The van der Waals surface area contributed by atoms with Gasteiger partial charge in [0, 0.05) is 12.6 Å². The van der Waals surface area contributed by atoms with Crippen LogP contribution >= 0.6 is 11.8 Å². The Labute approximate surface area is 161 Å². The number of carbonyl (C=O) groups excluding carboxylic acids is 2. The number of urea groups is 1. The van der Waals surface area contributed by atoms with Crippen molar-refractivity contribution in [3.05, 3.63) is 34.6 Å². The smallest absolute Gasteiger partial charge is 0.321 e. The summed E-state index contributed by atoms with van der Waals surface area (Å²) in [7, 11) is 0. The molecule has 1 aromatic heterocycles. The van der Waals surface area contributed by atoms with Crippen LogP contribution in [0.1, 0.15) is 39.0 Å². The standard InChI is InChI=1S/C19H24N4O3S/c1-2-23-17(25)14-10-6-7-11-15(14)21-19(23)27-12-16(24)22-18(26)20-13-8-4-3-5-9-13/h6-7,10-11,13H,2-5,8-9,12H2,1H3,(H2,20,22,24,26). The van der Waals surface area contributed by atoms with Gasteiger partial charge >= 0.3 is 6.03 Å². The van der Waals surface area contributed by atoms with Gasteiger partial charge in [0.2, 0.25) is 5.91 Å². The van der Waals surface area contributed by atoms with Gasteiger partial charge in [-0.05, 0) is 31.9 Å². The van der Waals surface area contributed by atoms with E-state index in [-0.39, 0.29) is 17.4 Å².